The first-order valence-electron chi connectivity index (χ1n) is 16.4. The quantitative estimate of drug-likeness (QED) is 0.240. The normalized spacial score (nSPS) is 11.8. The van der Waals surface area contributed by atoms with E-state index in [2.05, 4.69) is 18.2 Å². The van der Waals surface area contributed by atoms with Crippen molar-refractivity contribution in [2.45, 2.75) is 0 Å². The number of hydrogen-bond acceptors (Lipinski definition) is 2. The Kier molecular flexibility index (Phi) is 7.16. The van der Waals surface area contributed by atoms with Gasteiger partial charge in [0.2, 0.25) is 0 Å². The minimum Gasteiger partial charge on any atom is -0.508 e. The molecular weight excluding hydrogens is 612 g/mol. The van der Waals surface area contributed by atoms with Gasteiger partial charge in [0.05, 0.1) is 0 Å². The largest absolute Gasteiger partial charge is 0.508 e. The van der Waals surface area contributed by atoms with E-state index < -0.39 is 0 Å². The standard InChI is InChI=1S/C42H19B7O2/c43-34-30-28(22-12-10-20(11-13-22)19-6-2-1-3-7-19)33-32(36(45)39(48)40(49)41(33)50)29(31(30)35(44)38(47)37(34)46)23-15-17-27-26(18-23)25-16-14-21-8-4-5-9-24(21)42(25)51-27/h1-18,50H. The predicted molar refractivity (Wildman–Crippen MR) is 222 cm³/mol. The number of furan rings is 1. The second-order valence-electron chi connectivity index (χ2n) is 12.9. The molecule has 1 aromatic heterocycles. The van der Waals surface area contributed by atoms with Gasteiger partial charge in [-0.1, -0.05) is 113 Å². The molecule has 0 fully saturated rings. The Balaban J connectivity index is 1.45. The van der Waals surface area contributed by atoms with E-state index in [1.807, 2.05) is 91.0 Å². The molecule has 0 saturated carbocycles. The average molecular weight is 631 g/mol. The van der Waals surface area contributed by atoms with Crippen molar-refractivity contribution < 1.29 is 9.52 Å². The maximum absolute atomic E-state index is 11.9. The summed E-state index contributed by atoms with van der Waals surface area (Å²) >= 11 is 0. The van der Waals surface area contributed by atoms with E-state index in [9.17, 15) is 5.11 Å². The molecular formula is C42H19B7O2. The first kappa shape index (κ1) is 31.6. The van der Waals surface area contributed by atoms with Crippen LogP contribution in [0.25, 0.3) is 87.6 Å². The minimum absolute atomic E-state index is 0.0437. The van der Waals surface area contributed by atoms with E-state index in [1.165, 1.54) is 0 Å². The summed E-state index contributed by atoms with van der Waals surface area (Å²) in [5.41, 5.74) is 6.92. The van der Waals surface area contributed by atoms with Crippen LogP contribution in [-0.4, -0.2) is 60.0 Å². The van der Waals surface area contributed by atoms with Gasteiger partial charge in [0, 0.05) is 27.1 Å². The lowest BCUT2D eigenvalue weighted by molar-refractivity contribution is 0.486. The van der Waals surface area contributed by atoms with Gasteiger partial charge in [0.1, 0.15) is 71.8 Å². The molecule has 2 nitrogen and oxygen atoms in total. The van der Waals surface area contributed by atoms with E-state index >= 15 is 0 Å². The van der Waals surface area contributed by atoms with E-state index in [-0.39, 0.29) is 44.0 Å². The van der Waals surface area contributed by atoms with Crippen LogP contribution in [0.3, 0.4) is 0 Å². The first-order valence-corrected chi connectivity index (χ1v) is 16.4. The van der Waals surface area contributed by atoms with Crippen LogP contribution in [0.4, 0.5) is 0 Å². The maximum atomic E-state index is 11.9. The van der Waals surface area contributed by atoms with Crippen molar-refractivity contribution in [2.75, 3.05) is 0 Å². The van der Waals surface area contributed by atoms with Gasteiger partial charge in [-0.25, -0.2) is 0 Å². The number of phenols is 1. The van der Waals surface area contributed by atoms with Crippen LogP contribution in [0.5, 0.6) is 5.75 Å². The molecule has 9 rings (SSSR count). The second-order valence-corrected chi connectivity index (χ2v) is 12.9. The van der Waals surface area contributed by atoms with Gasteiger partial charge >= 0.3 is 0 Å². The van der Waals surface area contributed by atoms with Gasteiger partial charge in [-0.15, -0.1) is 16.4 Å². The Morgan fingerprint density at radius 3 is 1.61 bits per heavy atom. The molecule has 0 amide bonds. The third kappa shape index (κ3) is 4.53. The molecule has 0 aliphatic rings. The molecule has 9 heteroatoms. The molecule has 0 spiro atoms. The molecule has 8 aromatic carbocycles. The van der Waals surface area contributed by atoms with Gasteiger partial charge in [-0.3, -0.25) is 0 Å². The Bertz CT molecular complexity index is 2850. The van der Waals surface area contributed by atoms with Crippen LogP contribution in [0.15, 0.2) is 114 Å². The van der Waals surface area contributed by atoms with Crippen LogP contribution in [0.2, 0.25) is 0 Å². The molecule has 0 aliphatic heterocycles. The summed E-state index contributed by atoms with van der Waals surface area (Å²) in [6.07, 6.45) is 0. The van der Waals surface area contributed by atoms with Gasteiger partial charge < -0.3 is 9.52 Å². The lowest BCUT2D eigenvalue weighted by Crippen LogP contribution is -2.48. The fourth-order valence-corrected chi connectivity index (χ4v) is 7.59. The molecule has 0 aliphatic carbocycles. The van der Waals surface area contributed by atoms with Crippen LogP contribution in [0, 0.1) is 0 Å². The van der Waals surface area contributed by atoms with Crippen molar-refractivity contribution in [1.29, 1.82) is 0 Å². The zero-order chi connectivity index (χ0) is 35.3. The Morgan fingerprint density at radius 1 is 0.392 bits per heavy atom. The fourth-order valence-electron chi connectivity index (χ4n) is 7.59. The highest BCUT2D eigenvalue weighted by molar-refractivity contribution is 6.69. The van der Waals surface area contributed by atoms with Gasteiger partial charge in [-0.05, 0) is 67.6 Å². The maximum Gasteiger partial charge on any atom is 0.143 e. The minimum atomic E-state index is -0.239. The third-order valence-electron chi connectivity index (χ3n) is 10.2. The van der Waals surface area contributed by atoms with E-state index in [4.69, 9.17) is 59.3 Å². The lowest BCUT2D eigenvalue weighted by atomic mass is 9.61. The highest BCUT2D eigenvalue weighted by Gasteiger charge is 2.26. The van der Waals surface area contributed by atoms with Crippen molar-refractivity contribution in [3.63, 3.8) is 0 Å². The van der Waals surface area contributed by atoms with E-state index in [1.54, 1.807) is 0 Å². The van der Waals surface area contributed by atoms with Crippen LogP contribution >= 0.6 is 0 Å². The van der Waals surface area contributed by atoms with Crippen molar-refractivity contribution in [3.05, 3.63) is 109 Å². The highest BCUT2D eigenvalue weighted by atomic mass is 16.3. The fraction of sp³-hybridized carbons (Fsp3) is 0. The number of aromatic hydroxyl groups is 1. The molecule has 0 bridgehead atoms. The summed E-state index contributed by atoms with van der Waals surface area (Å²) in [6.45, 7) is 0. The Morgan fingerprint density at radius 2 is 0.922 bits per heavy atom. The average Bonchev–Trinajstić information content (AvgIpc) is 3.55. The van der Waals surface area contributed by atoms with Gasteiger partial charge in [-0.2, -0.15) is 0 Å². The highest BCUT2D eigenvalue weighted by Crippen LogP contribution is 2.45. The summed E-state index contributed by atoms with van der Waals surface area (Å²) in [6, 6.07) is 36.0. The van der Waals surface area contributed by atoms with Gasteiger partial charge in [0.15, 0.2) is 0 Å². The van der Waals surface area contributed by atoms with Crippen molar-refractivity contribution >= 4 is 147 Å². The third-order valence-corrected chi connectivity index (χ3v) is 10.2. The van der Waals surface area contributed by atoms with Crippen molar-refractivity contribution in [1.82, 2.24) is 0 Å². The van der Waals surface area contributed by atoms with Crippen LogP contribution < -0.4 is 38.2 Å². The molecule has 0 saturated heterocycles. The number of fused-ring (bicyclic) bond motifs is 7. The first-order chi connectivity index (χ1) is 24.7. The van der Waals surface area contributed by atoms with Crippen molar-refractivity contribution in [3.8, 4) is 39.1 Å². The zero-order valence-electron chi connectivity index (χ0n) is 27.3. The summed E-state index contributed by atoms with van der Waals surface area (Å²) in [4.78, 5) is 0. The lowest BCUT2D eigenvalue weighted by Gasteiger charge is -2.27. The van der Waals surface area contributed by atoms with Crippen molar-refractivity contribution in [2.24, 2.45) is 0 Å². The number of phenolic OH excluding ortho intramolecular Hbond substituents is 1. The summed E-state index contributed by atoms with van der Waals surface area (Å²) in [5, 5.41) is 17.6. The molecule has 0 atom stereocenters. The number of rotatable bonds is 3. The summed E-state index contributed by atoms with van der Waals surface area (Å²) < 4.78 is 6.42. The SMILES string of the molecule is [B]c1c([B])c([B])c2c(-c3ccc(-c4ccccc4)cc3)c3c(O)c([B])c([B])c([B])c3c(-c3ccc4oc5c6ccccc6ccc5c4c3)c2c1[B]. The molecule has 14 radical (unpaired) electrons. The molecule has 51 heavy (non-hydrogen) atoms. The molecule has 0 unspecified atom stereocenters. The van der Waals surface area contributed by atoms with E-state index in [0.29, 0.717) is 49.4 Å². The Hall–Kier alpha value is -5.41. The zero-order valence-corrected chi connectivity index (χ0v) is 27.3. The summed E-state index contributed by atoms with van der Waals surface area (Å²) in [5.74, 6) is -0.239. The van der Waals surface area contributed by atoms with E-state index in [0.717, 1.165) is 38.3 Å². The van der Waals surface area contributed by atoms with Crippen LogP contribution in [0.1, 0.15) is 0 Å². The summed E-state index contributed by atoms with van der Waals surface area (Å²) in [7, 11) is 46.8. The van der Waals surface area contributed by atoms with Crippen LogP contribution in [-0.2, 0) is 0 Å². The topological polar surface area (TPSA) is 33.4 Å². The predicted octanol–water partition coefficient (Wildman–Crippen LogP) is 3.31. The Labute approximate surface area is 304 Å². The molecule has 220 valence electrons. The monoisotopic (exact) mass is 632 g/mol. The molecule has 1 N–H and O–H groups in total. The molecule has 9 aromatic rings. The number of benzene rings is 8. The molecule has 1 heterocycles. The second kappa shape index (κ2) is 11.6. The number of hydrogen-bond donors (Lipinski definition) is 1. The van der Waals surface area contributed by atoms with Gasteiger partial charge in [0.25, 0.3) is 0 Å². The smallest absolute Gasteiger partial charge is 0.143 e.